The Bertz CT molecular complexity index is 1480. The number of nitrogens with one attached hydrogen (secondary N) is 1. The molecule has 1 saturated carbocycles. The highest BCUT2D eigenvalue weighted by Crippen LogP contribution is 2.39. The van der Waals surface area contributed by atoms with E-state index in [2.05, 4.69) is 40.5 Å². The molecule has 1 fully saturated rings. The largest absolute Gasteiger partial charge is 0.453 e. The maximum Gasteiger partial charge on any atom is 0.409 e. The molecule has 0 radical (unpaired) electrons. The monoisotopic (exact) mass is 552 g/mol. The fourth-order valence-electron chi connectivity index (χ4n) is 6.21. The number of hydrogen-bond donors (Lipinski definition) is 1. The highest BCUT2D eigenvalue weighted by Gasteiger charge is 2.35. The van der Waals surface area contributed by atoms with Crippen LogP contribution >= 0.6 is 0 Å². The molecule has 5 rings (SSSR count). The van der Waals surface area contributed by atoms with Crippen LogP contribution in [-0.2, 0) is 38.9 Å². The number of carbonyl (C=O) groups is 2. The Hall–Kier alpha value is -3.40. The van der Waals surface area contributed by atoms with E-state index in [1.807, 2.05) is 18.2 Å². The maximum absolute atomic E-state index is 12.6. The average Bonchev–Trinajstić information content (AvgIpc) is 3.32. The van der Waals surface area contributed by atoms with E-state index in [0.717, 1.165) is 35.3 Å². The Morgan fingerprint density at radius 1 is 1.10 bits per heavy atom. The molecule has 3 aromatic rings. The lowest BCUT2D eigenvalue weighted by Gasteiger charge is -2.29. The van der Waals surface area contributed by atoms with E-state index in [-0.39, 0.29) is 18.1 Å². The highest BCUT2D eigenvalue weighted by atomic mass is 32.2. The summed E-state index contributed by atoms with van der Waals surface area (Å²) in [5.41, 5.74) is 5.42. The molecule has 2 aliphatic rings. The van der Waals surface area contributed by atoms with Gasteiger partial charge >= 0.3 is 6.09 Å². The molecule has 2 heterocycles. The fourth-order valence-corrected chi connectivity index (χ4v) is 7.67. The number of ether oxygens (including phenoxy) is 1. The minimum absolute atomic E-state index is 0.0929. The number of nitrogens with zero attached hydrogens (tertiary/aromatic N) is 3. The first-order chi connectivity index (χ1) is 18.7. The highest BCUT2D eigenvalue weighted by molar-refractivity contribution is 7.90. The molecule has 1 aromatic heterocycles. The Labute approximate surface area is 229 Å². The second-order valence-corrected chi connectivity index (χ2v) is 12.7. The van der Waals surface area contributed by atoms with Gasteiger partial charge in [-0.3, -0.25) is 9.52 Å². The summed E-state index contributed by atoms with van der Waals surface area (Å²) in [6, 6.07) is 14.8. The Balaban J connectivity index is 1.52. The van der Waals surface area contributed by atoms with Crippen molar-refractivity contribution in [3.05, 3.63) is 65.0 Å². The summed E-state index contributed by atoms with van der Waals surface area (Å²) in [5, 5.41) is -0.585. The second kappa shape index (κ2) is 11.0. The maximum atomic E-state index is 12.6. The van der Waals surface area contributed by atoms with Gasteiger partial charge in [-0.05, 0) is 62.6 Å². The van der Waals surface area contributed by atoms with Gasteiger partial charge in [0.15, 0.2) is 0 Å². The summed E-state index contributed by atoms with van der Waals surface area (Å²) in [7, 11) is -2.28. The van der Waals surface area contributed by atoms with Crippen molar-refractivity contribution in [3.63, 3.8) is 0 Å². The van der Waals surface area contributed by atoms with Crippen molar-refractivity contribution in [3.8, 4) is 0 Å². The zero-order chi connectivity index (χ0) is 27.7. The first kappa shape index (κ1) is 27.2. The van der Waals surface area contributed by atoms with Crippen molar-refractivity contribution < 1.29 is 22.7 Å². The Kier molecular flexibility index (Phi) is 7.66. The Morgan fingerprint density at radius 2 is 1.82 bits per heavy atom. The predicted octanol–water partition coefficient (Wildman–Crippen LogP) is 4.46. The van der Waals surface area contributed by atoms with Crippen LogP contribution in [0.4, 0.5) is 4.79 Å². The summed E-state index contributed by atoms with van der Waals surface area (Å²) < 4.78 is 34.7. The van der Waals surface area contributed by atoms with Gasteiger partial charge in [-0.15, -0.1) is 0 Å². The van der Waals surface area contributed by atoms with Crippen molar-refractivity contribution in [1.82, 2.24) is 19.2 Å². The number of sulfonamides is 1. The molecule has 2 aromatic carbocycles. The molecule has 0 bridgehead atoms. The SMILES string of the molecule is COC(=O)N1CCc2ccc3c(nc([C@H]4CC[C@@H](S(=O)(=O)NC(C)=O)CC4)n3[C@H](C)Cc3ccccc3)c2C1. The third-order valence-corrected chi connectivity index (χ3v) is 10.0. The number of amides is 2. The lowest BCUT2D eigenvalue weighted by atomic mass is 9.88. The van der Waals surface area contributed by atoms with Gasteiger partial charge in [0.2, 0.25) is 15.9 Å². The van der Waals surface area contributed by atoms with Crippen LogP contribution in [0.2, 0.25) is 0 Å². The smallest absolute Gasteiger partial charge is 0.409 e. The fraction of sp³-hybridized carbons (Fsp3) is 0.483. The molecule has 39 heavy (non-hydrogen) atoms. The van der Waals surface area contributed by atoms with Gasteiger partial charge in [0, 0.05) is 31.0 Å². The molecule has 9 nitrogen and oxygen atoms in total. The zero-order valence-corrected chi connectivity index (χ0v) is 23.5. The normalized spacial score (nSPS) is 20.3. The quantitative estimate of drug-likeness (QED) is 0.484. The molecule has 1 N–H and O–H groups in total. The number of carbonyl (C=O) groups excluding carboxylic acids is 2. The van der Waals surface area contributed by atoms with Gasteiger partial charge in [-0.25, -0.2) is 18.2 Å². The van der Waals surface area contributed by atoms with E-state index >= 15 is 0 Å². The predicted molar refractivity (Wildman–Crippen MR) is 149 cm³/mol. The summed E-state index contributed by atoms with van der Waals surface area (Å²) in [6.45, 7) is 4.48. The molecule has 1 aliphatic carbocycles. The van der Waals surface area contributed by atoms with E-state index in [0.29, 0.717) is 38.8 Å². The van der Waals surface area contributed by atoms with Gasteiger partial charge in [0.05, 0.1) is 29.9 Å². The third kappa shape index (κ3) is 5.52. The van der Waals surface area contributed by atoms with Crippen molar-refractivity contribution in [2.75, 3.05) is 13.7 Å². The molecule has 0 saturated heterocycles. The van der Waals surface area contributed by atoms with Gasteiger partial charge in [0.1, 0.15) is 5.82 Å². The van der Waals surface area contributed by atoms with Crippen LogP contribution in [0.1, 0.15) is 74.0 Å². The molecule has 0 unspecified atom stereocenters. The van der Waals surface area contributed by atoms with Crippen LogP contribution in [-0.4, -0.2) is 53.8 Å². The summed E-state index contributed by atoms with van der Waals surface area (Å²) in [5.74, 6) is 0.502. The summed E-state index contributed by atoms with van der Waals surface area (Å²) in [4.78, 5) is 30.7. The van der Waals surface area contributed by atoms with Crippen molar-refractivity contribution in [1.29, 1.82) is 0 Å². The first-order valence-corrected chi connectivity index (χ1v) is 15.1. The molecule has 0 spiro atoms. The van der Waals surface area contributed by atoms with E-state index < -0.39 is 21.2 Å². The van der Waals surface area contributed by atoms with E-state index in [9.17, 15) is 18.0 Å². The molecule has 208 valence electrons. The van der Waals surface area contributed by atoms with E-state index in [1.54, 1.807) is 4.90 Å². The number of hydrogen-bond acceptors (Lipinski definition) is 6. The molecular formula is C29H36N4O5S. The van der Waals surface area contributed by atoms with Crippen LogP contribution in [0.5, 0.6) is 0 Å². The minimum Gasteiger partial charge on any atom is -0.453 e. The van der Waals surface area contributed by atoms with Crippen LogP contribution in [0.3, 0.4) is 0 Å². The van der Waals surface area contributed by atoms with Crippen LogP contribution in [0.15, 0.2) is 42.5 Å². The molecule has 2 amide bonds. The van der Waals surface area contributed by atoms with Crippen molar-refractivity contribution >= 4 is 33.1 Å². The number of methoxy groups -OCH3 is 1. The molecule has 10 heteroatoms. The zero-order valence-electron chi connectivity index (χ0n) is 22.7. The number of aromatic nitrogens is 2. The summed E-state index contributed by atoms with van der Waals surface area (Å²) in [6.07, 6.45) is 3.51. The molecule has 1 aliphatic heterocycles. The van der Waals surface area contributed by atoms with Gasteiger partial charge in [-0.2, -0.15) is 0 Å². The van der Waals surface area contributed by atoms with Gasteiger partial charge in [-0.1, -0.05) is 36.4 Å². The minimum atomic E-state index is -3.68. The number of fused-ring (bicyclic) bond motifs is 3. The van der Waals surface area contributed by atoms with Crippen molar-refractivity contribution in [2.24, 2.45) is 0 Å². The van der Waals surface area contributed by atoms with Crippen LogP contribution < -0.4 is 4.72 Å². The average molecular weight is 553 g/mol. The van der Waals surface area contributed by atoms with E-state index in [4.69, 9.17) is 9.72 Å². The number of imidazole rings is 1. The Morgan fingerprint density at radius 3 is 2.49 bits per heavy atom. The summed E-state index contributed by atoms with van der Waals surface area (Å²) >= 11 is 0. The lowest BCUT2D eigenvalue weighted by Crippen LogP contribution is -2.39. The van der Waals surface area contributed by atoms with Crippen molar-refractivity contribution in [2.45, 2.75) is 76.1 Å². The molecular weight excluding hydrogens is 516 g/mol. The first-order valence-electron chi connectivity index (χ1n) is 13.6. The number of benzene rings is 2. The standard InChI is InChI=1S/C29H36N4O5S/c1-19(17-21-7-5-4-6-8-21)33-26-14-11-22-15-16-32(29(35)38-3)18-25(22)27(26)30-28(33)23-9-12-24(13-10-23)39(36,37)31-20(2)34/h4-8,11,14,19,23-24H,9-10,12-13,15-18H2,1-3H3,(H,31,34)/t19-,23-,24+/m1/s1. The van der Waals surface area contributed by atoms with Gasteiger partial charge < -0.3 is 14.2 Å². The number of rotatable bonds is 6. The topological polar surface area (TPSA) is 111 Å². The second-order valence-electron chi connectivity index (χ2n) is 10.8. The van der Waals surface area contributed by atoms with Crippen LogP contribution in [0, 0.1) is 0 Å². The van der Waals surface area contributed by atoms with E-state index in [1.165, 1.54) is 25.2 Å². The third-order valence-electron chi connectivity index (χ3n) is 8.10. The van der Waals surface area contributed by atoms with Crippen LogP contribution in [0.25, 0.3) is 11.0 Å². The van der Waals surface area contributed by atoms with Gasteiger partial charge in [0.25, 0.3) is 0 Å². The lowest BCUT2D eigenvalue weighted by molar-refractivity contribution is -0.117. The molecule has 1 atom stereocenters.